The molecular formula is C9H7BrCl2O3. The number of carboxylic acids is 1. The molecule has 82 valence electrons. The van der Waals surface area contributed by atoms with Crippen LogP contribution in [0.25, 0.3) is 0 Å². The molecule has 0 amide bonds. The van der Waals surface area contributed by atoms with Gasteiger partial charge in [-0.25, -0.2) is 0 Å². The highest BCUT2D eigenvalue weighted by Crippen LogP contribution is 2.27. The highest BCUT2D eigenvalue weighted by molar-refractivity contribution is 9.10. The van der Waals surface area contributed by atoms with Crippen LogP contribution in [-0.4, -0.2) is 23.1 Å². The fraction of sp³-hybridized carbons (Fsp3) is 0.222. The van der Waals surface area contributed by atoms with Crippen molar-refractivity contribution in [3.05, 3.63) is 27.7 Å². The van der Waals surface area contributed by atoms with E-state index in [9.17, 15) is 4.79 Å². The van der Waals surface area contributed by atoms with Crippen molar-refractivity contribution in [2.75, 3.05) is 6.61 Å². The normalized spacial score (nSPS) is 12.2. The molecule has 0 aliphatic carbocycles. The molecule has 1 rings (SSSR count). The molecule has 1 unspecified atom stereocenters. The van der Waals surface area contributed by atoms with Gasteiger partial charge in [-0.2, -0.15) is 0 Å². The lowest BCUT2D eigenvalue weighted by molar-refractivity contribution is -0.137. The molecule has 1 N–H and O–H groups in total. The number of rotatable bonds is 4. The Hall–Kier alpha value is -0.450. The molecule has 1 aromatic rings. The molecule has 0 heterocycles. The van der Waals surface area contributed by atoms with Crippen LogP contribution in [0.2, 0.25) is 5.02 Å². The van der Waals surface area contributed by atoms with E-state index in [2.05, 4.69) is 15.9 Å². The summed E-state index contributed by atoms with van der Waals surface area (Å²) in [6, 6.07) is 5.03. The Morgan fingerprint density at radius 3 is 2.80 bits per heavy atom. The van der Waals surface area contributed by atoms with E-state index in [-0.39, 0.29) is 6.61 Å². The second-order valence-corrected chi connectivity index (χ2v) is 4.54. The van der Waals surface area contributed by atoms with E-state index in [1.54, 1.807) is 18.2 Å². The molecule has 0 spiro atoms. The van der Waals surface area contributed by atoms with Gasteiger partial charge in [0.25, 0.3) is 0 Å². The molecule has 3 nitrogen and oxygen atoms in total. The zero-order valence-electron chi connectivity index (χ0n) is 7.41. The van der Waals surface area contributed by atoms with Crippen LogP contribution in [0.3, 0.4) is 0 Å². The highest BCUT2D eigenvalue weighted by Gasteiger charge is 2.14. The van der Waals surface area contributed by atoms with Crippen LogP contribution in [0.4, 0.5) is 0 Å². The molecule has 0 aliphatic rings. The number of benzene rings is 1. The summed E-state index contributed by atoms with van der Waals surface area (Å²) in [7, 11) is 0. The van der Waals surface area contributed by atoms with E-state index in [0.717, 1.165) is 4.47 Å². The average Bonchev–Trinajstić information content (AvgIpc) is 2.15. The summed E-state index contributed by atoms with van der Waals surface area (Å²) < 4.78 is 5.97. The molecular weight excluding hydrogens is 307 g/mol. The van der Waals surface area contributed by atoms with Crippen LogP contribution in [0, 0.1) is 0 Å². The van der Waals surface area contributed by atoms with E-state index < -0.39 is 11.3 Å². The number of aliphatic carboxylic acids is 1. The average molecular weight is 314 g/mol. The topological polar surface area (TPSA) is 46.5 Å². The maximum Gasteiger partial charge on any atom is 0.325 e. The van der Waals surface area contributed by atoms with Gasteiger partial charge >= 0.3 is 5.97 Å². The fourth-order valence-corrected chi connectivity index (χ4v) is 1.62. The van der Waals surface area contributed by atoms with Gasteiger partial charge in [0, 0.05) is 4.47 Å². The molecule has 0 radical (unpaired) electrons. The van der Waals surface area contributed by atoms with Gasteiger partial charge in [0.2, 0.25) is 0 Å². The van der Waals surface area contributed by atoms with Crippen LogP contribution in [0.15, 0.2) is 22.7 Å². The largest absolute Gasteiger partial charge is 0.490 e. The van der Waals surface area contributed by atoms with Gasteiger partial charge in [0.05, 0.1) is 5.02 Å². The monoisotopic (exact) mass is 312 g/mol. The summed E-state index contributed by atoms with van der Waals surface area (Å²) in [4.78, 5) is 10.4. The number of hydrogen-bond donors (Lipinski definition) is 1. The van der Waals surface area contributed by atoms with E-state index >= 15 is 0 Å². The molecule has 0 aromatic heterocycles. The van der Waals surface area contributed by atoms with Crippen LogP contribution in [0.5, 0.6) is 5.75 Å². The quantitative estimate of drug-likeness (QED) is 0.868. The molecule has 0 aliphatic heterocycles. The van der Waals surface area contributed by atoms with Crippen molar-refractivity contribution in [2.24, 2.45) is 0 Å². The third kappa shape index (κ3) is 3.89. The number of carboxylic acid groups (broad SMARTS) is 1. The number of carbonyl (C=O) groups is 1. The van der Waals surface area contributed by atoms with Crippen molar-refractivity contribution in [3.8, 4) is 5.75 Å². The summed E-state index contributed by atoms with van der Waals surface area (Å²) in [6.45, 7) is -0.127. The summed E-state index contributed by atoms with van der Waals surface area (Å²) in [5.74, 6) is -0.711. The smallest absolute Gasteiger partial charge is 0.325 e. The van der Waals surface area contributed by atoms with Crippen LogP contribution in [-0.2, 0) is 4.79 Å². The summed E-state index contributed by atoms with van der Waals surface area (Å²) >= 11 is 14.6. The van der Waals surface area contributed by atoms with E-state index in [4.69, 9.17) is 33.0 Å². The van der Waals surface area contributed by atoms with Crippen LogP contribution >= 0.6 is 39.1 Å². The van der Waals surface area contributed by atoms with Crippen LogP contribution < -0.4 is 4.74 Å². The Morgan fingerprint density at radius 1 is 1.60 bits per heavy atom. The molecule has 1 aromatic carbocycles. The minimum atomic E-state index is -1.12. The predicted molar refractivity (Wildman–Crippen MR) is 61.9 cm³/mol. The standard InChI is InChI=1S/C9H7BrCl2O3/c10-5-1-2-8(6(11)3-5)15-4-7(12)9(13)14/h1-3,7H,4H2,(H,13,14). The molecule has 15 heavy (non-hydrogen) atoms. The number of alkyl halides is 1. The maximum atomic E-state index is 10.4. The van der Waals surface area contributed by atoms with Gasteiger partial charge < -0.3 is 9.84 Å². The van der Waals surface area contributed by atoms with E-state index in [1.807, 2.05) is 0 Å². The zero-order valence-corrected chi connectivity index (χ0v) is 10.5. The third-order valence-corrected chi connectivity index (χ3v) is 2.65. The lowest BCUT2D eigenvalue weighted by Gasteiger charge is -2.09. The molecule has 0 saturated heterocycles. The summed E-state index contributed by atoms with van der Waals surface area (Å²) in [6.07, 6.45) is 0. The van der Waals surface area contributed by atoms with Crippen molar-refractivity contribution in [3.63, 3.8) is 0 Å². The Morgan fingerprint density at radius 2 is 2.27 bits per heavy atom. The van der Waals surface area contributed by atoms with E-state index in [1.165, 1.54) is 0 Å². The maximum absolute atomic E-state index is 10.4. The number of hydrogen-bond acceptors (Lipinski definition) is 2. The van der Waals surface area contributed by atoms with Gasteiger partial charge in [0.15, 0.2) is 5.38 Å². The minimum Gasteiger partial charge on any atom is -0.490 e. The van der Waals surface area contributed by atoms with Crippen molar-refractivity contribution >= 4 is 45.1 Å². The van der Waals surface area contributed by atoms with Gasteiger partial charge in [-0.3, -0.25) is 4.79 Å². The number of halogens is 3. The first-order chi connectivity index (χ1) is 7.00. The van der Waals surface area contributed by atoms with Crippen molar-refractivity contribution in [1.82, 2.24) is 0 Å². The first kappa shape index (κ1) is 12.6. The summed E-state index contributed by atoms with van der Waals surface area (Å²) in [5.41, 5.74) is 0. The van der Waals surface area contributed by atoms with Crippen molar-refractivity contribution in [1.29, 1.82) is 0 Å². The minimum absolute atomic E-state index is 0.127. The Bertz CT molecular complexity index is 370. The third-order valence-electron chi connectivity index (χ3n) is 1.55. The molecule has 6 heteroatoms. The lowest BCUT2D eigenvalue weighted by Crippen LogP contribution is -2.21. The van der Waals surface area contributed by atoms with Gasteiger partial charge in [0.1, 0.15) is 12.4 Å². The van der Waals surface area contributed by atoms with Crippen LogP contribution in [0.1, 0.15) is 0 Å². The molecule has 0 saturated carbocycles. The van der Waals surface area contributed by atoms with Gasteiger partial charge in [-0.15, -0.1) is 11.6 Å². The number of ether oxygens (including phenoxy) is 1. The zero-order chi connectivity index (χ0) is 11.4. The molecule has 0 bridgehead atoms. The van der Waals surface area contributed by atoms with Gasteiger partial charge in [-0.05, 0) is 18.2 Å². The lowest BCUT2D eigenvalue weighted by atomic mass is 10.3. The first-order valence-electron chi connectivity index (χ1n) is 3.95. The summed E-state index contributed by atoms with van der Waals surface area (Å²) in [5, 5.41) is 7.84. The van der Waals surface area contributed by atoms with E-state index in [0.29, 0.717) is 10.8 Å². The Labute approximate surface area is 105 Å². The second-order valence-electron chi connectivity index (χ2n) is 2.69. The molecule has 1 atom stereocenters. The molecule has 0 fully saturated rings. The van der Waals surface area contributed by atoms with Crippen molar-refractivity contribution in [2.45, 2.75) is 5.38 Å². The fourth-order valence-electron chi connectivity index (χ4n) is 0.826. The Kier molecular flexibility index (Phi) is 4.70. The highest BCUT2D eigenvalue weighted by atomic mass is 79.9. The van der Waals surface area contributed by atoms with Crippen molar-refractivity contribution < 1.29 is 14.6 Å². The second kappa shape index (κ2) is 5.58. The predicted octanol–water partition coefficient (Wildman–Crippen LogP) is 3.17. The SMILES string of the molecule is O=C(O)C(Cl)COc1ccc(Br)cc1Cl. The Balaban J connectivity index is 2.62. The first-order valence-corrected chi connectivity index (χ1v) is 5.56. The van der Waals surface area contributed by atoms with Gasteiger partial charge in [-0.1, -0.05) is 27.5 Å².